The van der Waals surface area contributed by atoms with Gasteiger partial charge in [-0.05, 0) is 43.2 Å². The minimum Gasteiger partial charge on any atom is -0.494 e. The van der Waals surface area contributed by atoms with Gasteiger partial charge >= 0.3 is 5.97 Å². The zero-order valence-electron chi connectivity index (χ0n) is 22.7. The van der Waals surface area contributed by atoms with Gasteiger partial charge in [0.05, 0.1) is 12.5 Å². The average Bonchev–Trinajstić information content (AvgIpc) is 3.31. The summed E-state index contributed by atoms with van der Waals surface area (Å²) in [6, 6.07) is 22.4. The third kappa shape index (κ3) is 5.52. The van der Waals surface area contributed by atoms with E-state index in [1.807, 2.05) is 49.4 Å². The molecule has 204 valence electrons. The van der Waals surface area contributed by atoms with Gasteiger partial charge in [-0.15, -0.1) is 0 Å². The second kappa shape index (κ2) is 12.0. The van der Waals surface area contributed by atoms with Crippen LogP contribution in [0, 0.1) is 18.3 Å². The fourth-order valence-electron chi connectivity index (χ4n) is 5.02. The van der Waals surface area contributed by atoms with Crippen molar-refractivity contribution in [1.29, 1.82) is 5.26 Å². The number of allylic oxidation sites excluding steroid dienone is 1. The number of nitrogens with zero attached hydrogens (tertiary/aromatic N) is 1. The van der Waals surface area contributed by atoms with E-state index >= 15 is 0 Å². The molecular weight excluding hydrogens is 504 g/mol. The van der Waals surface area contributed by atoms with Crippen molar-refractivity contribution < 1.29 is 23.4 Å². The molecule has 0 saturated carbocycles. The van der Waals surface area contributed by atoms with Crippen LogP contribution in [0.1, 0.15) is 72.2 Å². The normalized spacial score (nSPS) is 14.4. The lowest BCUT2D eigenvalue weighted by Gasteiger charge is -2.26. The summed E-state index contributed by atoms with van der Waals surface area (Å²) in [5.74, 6) is 0.600. The summed E-state index contributed by atoms with van der Waals surface area (Å²) >= 11 is 0. The highest BCUT2D eigenvalue weighted by atomic mass is 16.5. The van der Waals surface area contributed by atoms with E-state index in [-0.39, 0.29) is 17.4 Å². The molecule has 0 spiro atoms. The largest absolute Gasteiger partial charge is 0.494 e. The highest BCUT2D eigenvalue weighted by Gasteiger charge is 2.31. The SMILES string of the molecule is CCCCCCCOc1ccc(C2C(C#N)=C(N)Oc3cc(OC(=O)c4oc5ccccc5c4C)ccc32)cc1. The Balaban J connectivity index is 1.34. The Morgan fingerprint density at radius 2 is 1.75 bits per heavy atom. The van der Waals surface area contributed by atoms with Crippen molar-refractivity contribution in [2.24, 2.45) is 5.73 Å². The Morgan fingerprint density at radius 3 is 2.50 bits per heavy atom. The molecule has 1 aliphatic heterocycles. The lowest BCUT2D eigenvalue weighted by molar-refractivity contribution is 0.0702. The van der Waals surface area contributed by atoms with E-state index in [2.05, 4.69) is 13.0 Å². The molecule has 5 rings (SSSR count). The number of nitriles is 1. The minimum absolute atomic E-state index is 0.0176. The molecule has 0 radical (unpaired) electrons. The number of furan rings is 1. The number of fused-ring (bicyclic) bond motifs is 2. The molecule has 4 aromatic rings. The lowest BCUT2D eigenvalue weighted by Crippen LogP contribution is -2.21. The van der Waals surface area contributed by atoms with Crippen LogP contribution >= 0.6 is 0 Å². The predicted octanol–water partition coefficient (Wildman–Crippen LogP) is 7.53. The number of hydrogen-bond acceptors (Lipinski definition) is 7. The monoisotopic (exact) mass is 536 g/mol. The lowest BCUT2D eigenvalue weighted by atomic mass is 9.83. The van der Waals surface area contributed by atoms with Crippen molar-refractivity contribution in [3.63, 3.8) is 0 Å². The smallest absolute Gasteiger partial charge is 0.379 e. The molecule has 1 aliphatic rings. The molecule has 0 bridgehead atoms. The molecule has 0 fully saturated rings. The molecule has 0 aliphatic carbocycles. The van der Waals surface area contributed by atoms with Crippen LogP contribution in [-0.2, 0) is 0 Å². The predicted molar refractivity (Wildman–Crippen MR) is 152 cm³/mol. The van der Waals surface area contributed by atoms with Gasteiger partial charge in [-0.1, -0.05) is 69.0 Å². The van der Waals surface area contributed by atoms with E-state index in [0.29, 0.717) is 29.1 Å². The van der Waals surface area contributed by atoms with Crippen molar-refractivity contribution in [1.82, 2.24) is 0 Å². The maximum absolute atomic E-state index is 12.9. The number of benzene rings is 3. The zero-order chi connectivity index (χ0) is 28.1. The van der Waals surface area contributed by atoms with Gasteiger partial charge in [-0.3, -0.25) is 0 Å². The Hall–Kier alpha value is -4.70. The number of hydrogen-bond donors (Lipinski definition) is 1. The van der Waals surface area contributed by atoms with Crippen molar-refractivity contribution >= 4 is 16.9 Å². The topological polar surface area (TPSA) is 108 Å². The Morgan fingerprint density at radius 1 is 1.00 bits per heavy atom. The first-order valence-corrected chi connectivity index (χ1v) is 13.6. The van der Waals surface area contributed by atoms with Gasteiger partial charge in [0.15, 0.2) is 0 Å². The van der Waals surface area contributed by atoms with E-state index < -0.39 is 11.9 Å². The molecule has 2 heterocycles. The van der Waals surface area contributed by atoms with Gasteiger partial charge in [0, 0.05) is 22.6 Å². The van der Waals surface area contributed by atoms with Crippen molar-refractivity contribution in [2.75, 3.05) is 6.61 Å². The van der Waals surface area contributed by atoms with Gasteiger partial charge in [0.1, 0.15) is 34.5 Å². The fourth-order valence-corrected chi connectivity index (χ4v) is 5.02. The number of carbonyl (C=O) groups is 1. The van der Waals surface area contributed by atoms with E-state index in [1.165, 1.54) is 19.3 Å². The molecular formula is C33H32N2O5. The van der Waals surface area contributed by atoms with Crippen LogP contribution < -0.4 is 19.9 Å². The summed E-state index contributed by atoms with van der Waals surface area (Å²) in [6.45, 7) is 4.70. The van der Waals surface area contributed by atoms with Crippen molar-refractivity contribution in [3.05, 3.63) is 101 Å². The third-order valence-corrected chi connectivity index (χ3v) is 7.16. The number of esters is 1. The molecule has 1 atom stereocenters. The van der Waals surface area contributed by atoms with Crippen molar-refractivity contribution in [2.45, 2.75) is 51.9 Å². The number of rotatable bonds is 10. The van der Waals surface area contributed by atoms with Crippen LogP contribution in [0.3, 0.4) is 0 Å². The first kappa shape index (κ1) is 26.9. The highest BCUT2D eigenvalue weighted by molar-refractivity contribution is 5.96. The molecule has 0 amide bonds. The zero-order valence-corrected chi connectivity index (χ0v) is 22.7. The maximum Gasteiger partial charge on any atom is 0.379 e. The van der Waals surface area contributed by atoms with Gasteiger partial charge < -0.3 is 24.4 Å². The standard InChI is InChI=1S/C33H32N2O5/c1-3-4-5-6-9-18-37-23-14-12-22(13-15-23)30-26-17-16-24(19-29(26)40-32(35)27(30)20-34)38-33(36)31-21(2)25-10-7-8-11-28(25)39-31/h7-8,10-17,19,30H,3-6,9,18,35H2,1-2H3. The molecule has 40 heavy (non-hydrogen) atoms. The molecule has 1 unspecified atom stereocenters. The molecule has 2 N–H and O–H groups in total. The van der Waals surface area contributed by atoms with Crippen LogP contribution in [-0.4, -0.2) is 12.6 Å². The average molecular weight is 537 g/mol. The van der Waals surface area contributed by atoms with E-state index in [1.54, 1.807) is 24.3 Å². The quantitative estimate of drug-likeness (QED) is 0.127. The third-order valence-electron chi connectivity index (χ3n) is 7.16. The Bertz CT molecular complexity index is 1590. The summed E-state index contributed by atoms with van der Waals surface area (Å²) in [5, 5.41) is 10.7. The molecule has 7 nitrogen and oxygen atoms in total. The number of carbonyl (C=O) groups excluding carboxylic acids is 1. The van der Waals surface area contributed by atoms with E-state index in [9.17, 15) is 10.1 Å². The van der Waals surface area contributed by atoms with Crippen LogP contribution in [0.25, 0.3) is 11.0 Å². The summed E-state index contributed by atoms with van der Waals surface area (Å²) in [4.78, 5) is 12.9. The van der Waals surface area contributed by atoms with Gasteiger partial charge in [0.2, 0.25) is 11.6 Å². The van der Waals surface area contributed by atoms with Crippen LogP contribution in [0.15, 0.2) is 82.6 Å². The summed E-state index contributed by atoms with van der Waals surface area (Å²) < 4.78 is 23.1. The Kier molecular flexibility index (Phi) is 8.07. The van der Waals surface area contributed by atoms with Crippen LogP contribution in [0.4, 0.5) is 0 Å². The fraction of sp³-hybridized carbons (Fsp3) is 0.273. The summed E-state index contributed by atoms with van der Waals surface area (Å²) in [5.41, 5.74) is 9.44. The summed E-state index contributed by atoms with van der Waals surface area (Å²) in [7, 11) is 0. The molecule has 3 aromatic carbocycles. The first-order valence-electron chi connectivity index (χ1n) is 13.6. The highest BCUT2D eigenvalue weighted by Crippen LogP contribution is 2.43. The number of nitrogens with two attached hydrogens (primary N) is 1. The number of aryl methyl sites for hydroxylation is 1. The number of ether oxygens (including phenoxy) is 3. The van der Waals surface area contributed by atoms with Gasteiger partial charge in [0.25, 0.3) is 0 Å². The minimum atomic E-state index is -0.608. The maximum atomic E-state index is 12.9. The Labute approximate surface area is 233 Å². The van der Waals surface area contributed by atoms with Crippen LogP contribution in [0.2, 0.25) is 0 Å². The first-order chi connectivity index (χ1) is 19.5. The molecule has 1 aromatic heterocycles. The molecule has 7 heteroatoms. The van der Waals surface area contributed by atoms with Gasteiger partial charge in [-0.25, -0.2) is 4.79 Å². The van der Waals surface area contributed by atoms with E-state index in [4.69, 9.17) is 24.4 Å². The second-order valence-electron chi connectivity index (χ2n) is 9.90. The second-order valence-corrected chi connectivity index (χ2v) is 9.90. The number of para-hydroxylation sites is 1. The van der Waals surface area contributed by atoms with E-state index in [0.717, 1.165) is 35.1 Å². The van der Waals surface area contributed by atoms with Gasteiger partial charge in [-0.2, -0.15) is 5.26 Å². The van der Waals surface area contributed by atoms with Crippen LogP contribution in [0.5, 0.6) is 17.2 Å². The summed E-state index contributed by atoms with van der Waals surface area (Å²) in [6.07, 6.45) is 5.89. The molecule has 0 saturated heterocycles. The number of unbranched alkanes of at least 4 members (excludes halogenated alkanes) is 4. The van der Waals surface area contributed by atoms with Crippen molar-refractivity contribution in [3.8, 4) is 23.3 Å².